The third-order valence-electron chi connectivity index (χ3n) is 3.30. The molecule has 0 saturated carbocycles. The molecular weight excluding hydrogens is 326 g/mol. The maximum atomic E-state index is 5.49. The Bertz CT molecular complexity index is 767. The van der Waals surface area contributed by atoms with Gasteiger partial charge in [0.2, 0.25) is 0 Å². The van der Waals surface area contributed by atoms with Gasteiger partial charge in [0, 0.05) is 30.2 Å². The summed E-state index contributed by atoms with van der Waals surface area (Å²) in [5.74, 6) is 2.31. The summed E-state index contributed by atoms with van der Waals surface area (Å²) >= 11 is 1.48. The highest BCUT2D eigenvalue weighted by Gasteiger charge is 2.14. The van der Waals surface area contributed by atoms with Gasteiger partial charge in [-0.1, -0.05) is 0 Å². The van der Waals surface area contributed by atoms with Gasteiger partial charge in [-0.15, -0.1) is 0 Å². The Morgan fingerprint density at radius 1 is 1.12 bits per heavy atom. The lowest BCUT2D eigenvalue weighted by Gasteiger charge is -2.23. The average molecular weight is 343 g/mol. The van der Waals surface area contributed by atoms with Crippen LogP contribution >= 0.6 is 12.1 Å². The molecule has 0 radical (unpaired) electrons. The minimum atomic E-state index is 0.590. The van der Waals surface area contributed by atoms with Gasteiger partial charge < -0.3 is 9.47 Å². The summed E-state index contributed by atoms with van der Waals surface area (Å²) in [6, 6.07) is 7.63. The molecule has 8 heteroatoms. The van der Waals surface area contributed by atoms with Crippen molar-refractivity contribution in [3.8, 4) is 11.5 Å². The number of ether oxygens (including phenoxy) is 2. The Labute approximate surface area is 144 Å². The second-order valence-corrected chi connectivity index (χ2v) is 5.81. The van der Waals surface area contributed by atoms with Crippen LogP contribution < -0.4 is 13.8 Å². The highest BCUT2D eigenvalue weighted by Crippen LogP contribution is 2.30. The van der Waals surface area contributed by atoms with Gasteiger partial charge in [-0.2, -0.15) is 0 Å². The highest BCUT2D eigenvalue weighted by molar-refractivity contribution is 7.99. The van der Waals surface area contributed by atoms with Crippen LogP contribution in [0.3, 0.4) is 0 Å². The Balaban J connectivity index is 1.89. The number of nitrogens with zero attached hydrogens (tertiary/aromatic N) is 5. The van der Waals surface area contributed by atoms with Crippen molar-refractivity contribution in [3.63, 3.8) is 0 Å². The standard InChI is InChI=1S/C16H17N5O2S/c1-22-14-4-3-13(15(9-14)23-2)10-21(16-5-6-17-11-19-16)24-20-8-7-18-12-20/h3-9,11-12H,10H2,1-2H3. The zero-order valence-corrected chi connectivity index (χ0v) is 14.2. The molecule has 0 saturated heterocycles. The summed E-state index contributed by atoms with van der Waals surface area (Å²) in [5, 5.41) is 0. The number of hydrogen-bond acceptors (Lipinski definition) is 7. The molecule has 3 rings (SSSR count). The summed E-state index contributed by atoms with van der Waals surface area (Å²) < 4.78 is 14.7. The molecule has 1 aromatic carbocycles. The van der Waals surface area contributed by atoms with E-state index in [0.717, 1.165) is 22.9 Å². The number of rotatable bonds is 7. The van der Waals surface area contributed by atoms with Gasteiger partial charge in [0.05, 0.1) is 32.9 Å². The molecular formula is C16H17N5O2S. The van der Waals surface area contributed by atoms with Crippen molar-refractivity contribution >= 4 is 18.0 Å². The SMILES string of the molecule is COc1ccc(CN(Sn2ccnc2)c2ccncn2)c(OC)c1. The van der Waals surface area contributed by atoms with E-state index in [1.165, 1.54) is 18.5 Å². The first kappa shape index (κ1) is 16.1. The van der Waals surface area contributed by atoms with E-state index >= 15 is 0 Å². The summed E-state index contributed by atoms with van der Waals surface area (Å²) in [4.78, 5) is 12.4. The molecule has 24 heavy (non-hydrogen) atoms. The van der Waals surface area contributed by atoms with E-state index < -0.39 is 0 Å². The minimum absolute atomic E-state index is 0.590. The predicted molar refractivity (Wildman–Crippen MR) is 93.0 cm³/mol. The van der Waals surface area contributed by atoms with Crippen LogP contribution in [0.15, 0.2) is 55.5 Å². The largest absolute Gasteiger partial charge is 0.497 e. The zero-order chi connectivity index (χ0) is 16.8. The lowest BCUT2D eigenvalue weighted by Crippen LogP contribution is -2.17. The van der Waals surface area contributed by atoms with Crippen molar-refractivity contribution < 1.29 is 9.47 Å². The lowest BCUT2D eigenvalue weighted by atomic mass is 10.2. The van der Waals surface area contributed by atoms with Gasteiger partial charge in [-0.25, -0.2) is 15.0 Å². The fourth-order valence-corrected chi connectivity index (χ4v) is 2.95. The fourth-order valence-electron chi connectivity index (χ4n) is 2.13. The molecule has 0 amide bonds. The Morgan fingerprint density at radius 3 is 2.71 bits per heavy atom. The maximum Gasteiger partial charge on any atom is 0.143 e. The second kappa shape index (κ2) is 7.69. The fraction of sp³-hybridized carbons (Fsp3) is 0.188. The molecule has 0 N–H and O–H groups in total. The van der Waals surface area contributed by atoms with Crippen LogP contribution in [-0.2, 0) is 6.54 Å². The quantitative estimate of drug-likeness (QED) is 0.611. The molecule has 0 aliphatic heterocycles. The van der Waals surface area contributed by atoms with E-state index in [4.69, 9.17) is 9.47 Å². The van der Waals surface area contributed by atoms with Crippen LogP contribution in [0.1, 0.15) is 5.56 Å². The van der Waals surface area contributed by atoms with Gasteiger partial charge in [0.1, 0.15) is 30.0 Å². The molecule has 0 atom stereocenters. The summed E-state index contributed by atoms with van der Waals surface area (Å²) in [6.45, 7) is 0.590. The summed E-state index contributed by atoms with van der Waals surface area (Å²) in [7, 11) is 3.28. The second-order valence-electron chi connectivity index (χ2n) is 4.79. The van der Waals surface area contributed by atoms with Crippen LogP contribution in [-0.4, -0.2) is 33.1 Å². The maximum absolute atomic E-state index is 5.49. The number of anilines is 1. The first-order valence-electron chi connectivity index (χ1n) is 7.21. The van der Waals surface area contributed by atoms with E-state index in [1.807, 2.05) is 38.7 Å². The van der Waals surface area contributed by atoms with Crippen LogP contribution in [0.25, 0.3) is 0 Å². The van der Waals surface area contributed by atoms with Crippen LogP contribution in [0.2, 0.25) is 0 Å². The number of hydrogen-bond donors (Lipinski definition) is 0. The highest BCUT2D eigenvalue weighted by atomic mass is 32.2. The smallest absolute Gasteiger partial charge is 0.143 e. The van der Waals surface area contributed by atoms with Gasteiger partial charge in [0.15, 0.2) is 0 Å². The summed E-state index contributed by atoms with van der Waals surface area (Å²) in [6.07, 6.45) is 8.60. The Kier molecular flexibility index (Phi) is 5.17. The first-order valence-corrected chi connectivity index (χ1v) is 7.94. The average Bonchev–Trinajstić information content (AvgIpc) is 3.15. The number of aromatic nitrogens is 4. The molecule has 0 spiro atoms. The van der Waals surface area contributed by atoms with Crippen molar-refractivity contribution in [2.24, 2.45) is 0 Å². The van der Waals surface area contributed by atoms with Gasteiger partial charge >= 0.3 is 0 Å². The van der Waals surface area contributed by atoms with Crippen molar-refractivity contribution in [1.82, 2.24) is 18.9 Å². The minimum Gasteiger partial charge on any atom is -0.497 e. The van der Waals surface area contributed by atoms with Crippen molar-refractivity contribution in [1.29, 1.82) is 0 Å². The molecule has 0 unspecified atom stereocenters. The Hall–Kier alpha value is -2.74. The van der Waals surface area contributed by atoms with E-state index in [2.05, 4.69) is 15.0 Å². The first-order chi connectivity index (χ1) is 11.8. The zero-order valence-electron chi connectivity index (χ0n) is 13.4. The van der Waals surface area contributed by atoms with Gasteiger partial charge in [-0.3, -0.25) is 8.28 Å². The van der Waals surface area contributed by atoms with E-state index in [9.17, 15) is 0 Å². The molecule has 0 fully saturated rings. The van der Waals surface area contributed by atoms with Crippen molar-refractivity contribution in [2.45, 2.75) is 6.54 Å². The van der Waals surface area contributed by atoms with Crippen LogP contribution in [0.5, 0.6) is 11.5 Å². The van der Waals surface area contributed by atoms with Crippen LogP contribution in [0.4, 0.5) is 5.82 Å². The van der Waals surface area contributed by atoms with Gasteiger partial charge in [-0.05, 0) is 18.2 Å². The topological polar surface area (TPSA) is 65.3 Å². The normalized spacial score (nSPS) is 10.4. The number of methoxy groups -OCH3 is 2. The van der Waals surface area contributed by atoms with Crippen molar-refractivity contribution in [3.05, 3.63) is 61.1 Å². The molecule has 0 bridgehead atoms. The number of imidazole rings is 1. The third-order valence-corrected chi connectivity index (χ3v) is 4.22. The Morgan fingerprint density at radius 2 is 2.04 bits per heavy atom. The van der Waals surface area contributed by atoms with Crippen molar-refractivity contribution in [2.75, 3.05) is 18.5 Å². The molecule has 3 aromatic rings. The van der Waals surface area contributed by atoms with E-state index in [1.54, 1.807) is 32.9 Å². The van der Waals surface area contributed by atoms with E-state index in [-0.39, 0.29) is 0 Å². The number of benzene rings is 1. The molecule has 0 aliphatic carbocycles. The van der Waals surface area contributed by atoms with E-state index in [0.29, 0.717) is 6.54 Å². The molecule has 0 aliphatic rings. The van der Waals surface area contributed by atoms with Crippen LogP contribution in [0, 0.1) is 0 Å². The molecule has 2 heterocycles. The van der Waals surface area contributed by atoms with Gasteiger partial charge in [0.25, 0.3) is 0 Å². The predicted octanol–water partition coefficient (Wildman–Crippen LogP) is 2.81. The summed E-state index contributed by atoms with van der Waals surface area (Å²) in [5.41, 5.74) is 1.02. The molecule has 2 aromatic heterocycles. The molecule has 7 nitrogen and oxygen atoms in total. The lowest BCUT2D eigenvalue weighted by molar-refractivity contribution is 0.391. The molecule has 124 valence electrons. The third kappa shape index (κ3) is 3.77. The monoisotopic (exact) mass is 343 g/mol.